The molecule has 0 unspecified atom stereocenters. The van der Waals surface area contributed by atoms with Gasteiger partial charge < -0.3 is 35.4 Å². The zero-order valence-corrected chi connectivity index (χ0v) is 10.5. The average molecular weight is 272 g/mol. The van der Waals surface area contributed by atoms with Crippen molar-refractivity contribution in [2.75, 3.05) is 26.1 Å². The first kappa shape index (κ1) is 14.9. The van der Waals surface area contributed by atoms with Crippen LogP contribution in [0.15, 0.2) is 12.1 Å². The van der Waals surface area contributed by atoms with Crippen LogP contribution >= 0.6 is 0 Å². The number of amides is 2. The molecule has 0 atom stereocenters. The SMILES string of the molecule is COC(CNC(=O)Nc1cc(O)c(O)c(O)c1)OC. The lowest BCUT2D eigenvalue weighted by molar-refractivity contribution is -0.0970. The molecule has 1 rings (SSSR count). The molecule has 0 fully saturated rings. The van der Waals surface area contributed by atoms with Crippen molar-refractivity contribution in [2.45, 2.75) is 6.29 Å². The number of phenolic OH excluding ortho intramolecular Hbond substituents is 3. The topological polar surface area (TPSA) is 120 Å². The molecule has 106 valence electrons. The third-order valence-electron chi connectivity index (χ3n) is 2.28. The van der Waals surface area contributed by atoms with Gasteiger partial charge in [0.25, 0.3) is 0 Å². The molecule has 0 saturated heterocycles. The van der Waals surface area contributed by atoms with E-state index in [-0.39, 0.29) is 12.2 Å². The van der Waals surface area contributed by atoms with Gasteiger partial charge in [-0.25, -0.2) is 4.79 Å². The van der Waals surface area contributed by atoms with E-state index < -0.39 is 29.6 Å². The molecule has 1 aromatic rings. The maximum atomic E-state index is 11.5. The van der Waals surface area contributed by atoms with Crippen molar-refractivity contribution in [3.05, 3.63) is 12.1 Å². The van der Waals surface area contributed by atoms with Gasteiger partial charge in [0.1, 0.15) is 0 Å². The summed E-state index contributed by atoms with van der Waals surface area (Å²) in [6.07, 6.45) is -0.577. The predicted octanol–water partition coefficient (Wildman–Crippen LogP) is 0.544. The third-order valence-corrected chi connectivity index (χ3v) is 2.28. The summed E-state index contributed by atoms with van der Waals surface area (Å²) in [4.78, 5) is 11.5. The Morgan fingerprint density at radius 1 is 1.21 bits per heavy atom. The molecule has 8 nitrogen and oxygen atoms in total. The van der Waals surface area contributed by atoms with E-state index in [0.29, 0.717) is 0 Å². The zero-order chi connectivity index (χ0) is 14.4. The number of nitrogens with one attached hydrogen (secondary N) is 2. The Morgan fingerprint density at radius 2 is 1.74 bits per heavy atom. The molecule has 1 aromatic carbocycles. The van der Waals surface area contributed by atoms with E-state index in [4.69, 9.17) is 14.6 Å². The molecule has 2 amide bonds. The van der Waals surface area contributed by atoms with E-state index >= 15 is 0 Å². The number of carbonyl (C=O) groups is 1. The van der Waals surface area contributed by atoms with Crippen LogP contribution in [0, 0.1) is 0 Å². The number of rotatable bonds is 5. The van der Waals surface area contributed by atoms with Crippen molar-refractivity contribution >= 4 is 11.7 Å². The highest BCUT2D eigenvalue weighted by Crippen LogP contribution is 2.37. The summed E-state index contributed by atoms with van der Waals surface area (Å²) in [5, 5.41) is 32.5. The highest BCUT2D eigenvalue weighted by Gasteiger charge is 2.11. The number of carbonyl (C=O) groups excluding carboxylic acids is 1. The molecule has 0 saturated carbocycles. The van der Waals surface area contributed by atoms with Crippen molar-refractivity contribution in [3.63, 3.8) is 0 Å². The van der Waals surface area contributed by atoms with Gasteiger partial charge in [-0.15, -0.1) is 0 Å². The molecule has 5 N–H and O–H groups in total. The fourth-order valence-electron chi connectivity index (χ4n) is 1.29. The van der Waals surface area contributed by atoms with Gasteiger partial charge in [-0.2, -0.15) is 0 Å². The van der Waals surface area contributed by atoms with Gasteiger partial charge in [-0.05, 0) is 0 Å². The highest BCUT2D eigenvalue weighted by molar-refractivity contribution is 5.90. The van der Waals surface area contributed by atoms with Crippen molar-refractivity contribution in [1.29, 1.82) is 0 Å². The first-order chi connectivity index (χ1) is 8.97. The summed E-state index contributed by atoms with van der Waals surface area (Å²) in [7, 11) is 2.87. The lowest BCUT2D eigenvalue weighted by atomic mass is 10.2. The molecule has 0 aliphatic heterocycles. The number of benzene rings is 1. The fourth-order valence-corrected chi connectivity index (χ4v) is 1.29. The van der Waals surface area contributed by atoms with Crippen LogP contribution in [0.5, 0.6) is 17.2 Å². The standard InChI is InChI=1S/C11H16N2O6/c1-18-9(19-2)5-12-11(17)13-6-3-7(14)10(16)8(15)4-6/h3-4,9,14-16H,5H2,1-2H3,(H2,12,13,17). The Bertz CT molecular complexity index is 424. The van der Waals surface area contributed by atoms with Crippen LogP contribution in [0.2, 0.25) is 0 Å². The van der Waals surface area contributed by atoms with Crippen LogP contribution in [0.3, 0.4) is 0 Å². The summed E-state index contributed by atoms with van der Waals surface area (Å²) >= 11 is 0. The normalized spacial score (nSPS) is 10.5. The van der Waals surface area contributed by atoms with Crippen LogP contribution in [0.1, 0.15) is 0 Å². The van der Waals surface area contributed by atoms with Crippen molar-refractivity contribution < 1.29 is 29.6 Å². The Kier molecular flexibility index (Phi) is 5.22. The molecule has 0 spiro atoms. The largest absolute Gasteiger partial charge is 0.504 e. The van der Waals surface area contributed by atoms with Gasteiger partial charge in [0.2, 0.25) is 0 Å². The minimum Gasteiger partial charge on any atom is -0.504 e. The number of aromatic hydroxyl groups is 3. The van der Waals surface area contributed by atoms with E-state index in [9.17, 15) is 15.0 Å². The molecule has 8 heteroatoms. The summed E-state index contributed by atoms with van der Waals surface area (Å²) in [5.74, 6) is -1.73. The van der Waals surface area contributed by atoms with E-state index in [1.54, 1.807) is 0 Å². The second kappa shape index (κ2) is 6.66. The Hall–Kier alpha value is -2.19. The molecule has 0 aliphatic carbocycles. The van der Waals surface area contributed by atoms with Gasteiger partial charge in [-0.3, -0.25) is 0 Å². The molecular formula is C11H16N2O6. The van der Waals surface area contributed by atoms with Gasteiger partial charge in [0.15, 0.2) is 23.5 Å². The Balaban J connectivity index is 2.58. The Labute approximate surface area is 109 Å². The van der Waals surface area contributed by atoms with Crippen molar-refractivity contribution in [1.82, 2.24) is 5.32 Å². The lowest BCUT2D eigenvalue weighted by Gasteiger charge is -2.14. The van der Waals surface area contributed by atoms with Crippen molar-refractivity contribution in [3.8, 4) is 17.2 Å². The van der Waals surface area contributed by atoms with Gasteiger partial charge >= 0.3 is 6.03 Å². The van der Waals surface area contributed by atoms with Crippen LogP contribution in [0.4, 0.5) is 10.5 Å². The molecule has 19 heavy (non-hydrogen) atoms. The second-order valence-corrected chi connectivity index (χ2v) is 3.60. The van der Waals surface area contributed by atoms with E-state index in [0.717, 1.165) is 12.1 Å². The zero-order valence-electron chi connectivity index (χ0n) is 10.5. The monoisotopic (exact) mass is 272 g/mol. The lowest BCUT2D eigenvalue weighted by Crippen LogP contribution is -2.36. The number of ether oxygens (including phenoxy) is 2. The van der Waals surface area contributed by atoms with Crippen LogP contribution in [-0.2, 0) is 9.47 Å². The number of methoxy groups -OCH3 is 2. The summed E-state index contributed by atoms with van der Waals surface area (Å²) in [6.45, 7) is 0.120. The van der Waals surface area contributed by atoms with Gasteiger partial charge in [0, 0.05) is 26.4 Å². The molecule has 0 aliphatic rings. The highest BCUT2D eigenvalue weighted by atomic mass is 16.7. The Morgan fingerprint density at radius 3 is 2.21 bits per heavy atom. The van der Waals surface area contributed by atoms with Crippen molar-refractivity contribution in [2.24, 2.45) is 0 Å². The quantitative estimate of drug-likeness (QED) is 0.303. The maximum absolute atomic E-state index is 11.5. The molecule has 0 radical (unpaired) electrons. The number of phenols is 3. The first-order valence-corrected chi connectivity index (χ1v) is 5.33. The van der Waals surface area contributed by atoms with Gasteiger partial charge in [-0.1, -0.05) is 0 Å². The number of urea groups is 1. The smallest absolute Gasteiger partial charge is 0.319 e. The van der Waals surface area contributed by atoms with E-state index in [1.807, 2.05) is 0 Å². The van der Waals surface area contributed by atoms with Crippen LogP contribution in [0.25, 0.3) is 0 Å². The van der Waals surface area contributed by atoms with Gasteiger partial charge in [0.05, 0.1) is 12.2 Å². The summed E-state index contributed by atoms with van der Waals surface area (Å²) < 4.78 is 9.75. The molecule has 0 aromatic heterocycles. The van der Waals surface area contributed by atoms with E-state index in [1.165, 1.54) is 14.2 Å². The predicted molar refractivity (Wildman–Crippen MR) is 66.3 cm³/mol. The fraction of sp³-hybridized carbons (Fsp3) is 0.364. The van der Waals surface area contributed by atoms with E-state index in [2.05, 4.69) is 10.6 Å². The molecular weight excluding hydrogens is 256 g/mol. The molecule has 0 bridgehead atoms. The minimum absolute atomic E-state index is 0.120. The molecule has 0 heterocycles. The minimum atomic E-state index is -0.648. The maximum Gasteiger partial charge on any atom is 0.319 e. The second-order valence-electron chi connectivity index (χ2n) is 3.60. The average Bonchev–Trinajstić information content (AvgIpc) is 2.37. The third kappa shape index (κ3) is 4.19. The number of hydrogen-bond acceptors (Lipinski definition) is 6. The van der Waals surface area contributed by atoms with Crippen LogP contribution in [-0.4, -0.2) is 48.4 Å². The first-order valence-electron chi connectivity index (χ1n) is 5.33. The number of hydrogen-bond donors (Lipinski definition) is 5. The summed E-state index contributed by atoms with van der Waals surface area (Å²) in [5.41, 5.74) is 0.122. The van der Waals surface area contributed by atoms with Crippen LogP contribution < -0.4 is 10.6 Å². The summed E-state index contributed by atoms with van der Waals surface area (Å²) in [6, 6.07) is 1.61. The number of anilines is 1.